The number of carbonyl (C=O) groups excluding carboxylic acids is 1. The lowest BCUT2D eigenvalue weighted by Crippen LogP contribution is -2.09. The highest BCUT2D eigenvalue weighted by molar-refractivity contribution is 7.98. The van der Waals surface area contributed by atoms with Crippen LogP contribution in [0.2, 0.25) is 0 Å². The number of H-pyrrole nitrogens is 1. The Balaban J connectivity index is 2.07. The Morgan fingerprint density at radius 2 is 2.47 bits per heavy atom. The molecule has 0 saturated carbocycles. The molecule has 0 spiro atoms. The van der Waals surface area contributed by atoms with Gasteiger partial charge >= 0.3 is 5.97 Å². The maximum atomic E-state index is 11.7. The van der Waals surface area contributed by atoms with Crippen LogP contribution in [0.15, 0.2) is 23.1 Å². The molecule has 19 heavy (non-hydrogen) atoms. The zero-order chi connectivity index (χ0) is 13.4. The zero-order valence-corrected chi connectivity index (χ0v) is 11.8. The first-order valence-corrected chi connectivity index (χ1v) is 7.20. The lowest BCUT2D eigenvalue weighted by molar-refractivity contribution is 0.0526. The predicted octanol–water partition coefficient (Wildman–Crippen LogP) is 2.71. The van der Waals surface area contributed by atoms with Crippen LogP contribution in [0.5, 0.6) is 0 Å². The van der Waals surface area contributed by atoms with Crippen LogP contribution in [-0.2, 0) is 10.5 Å². The van der Waals surface area contributed by atoms with E-state index in [2.05, 4.69) is 10.2 Å². The summed E-state index contributed by atoms with van der Waals surface area (Å²) in [6.45, 7) is 2.17. The number of aromatic amines is 1. The Morgan fingerprint density at radius 3 is 3.26 bits per heavy atom. The van der Waals surface area contributed by atoms with Crippen LogP contribution in [0.3, 0.4) is 0 Å². The van der Waals surface area contributed by atoms with E-state index in [1.54, 1.807) is 24.8 Å². The number of thioether (sulfide) groups is 1. The fourth-order valence-corrected chi connectivity index (χ4v) is 3.22. The first-order chi connectivity index (χ1) is 9.20. The van der Waals surface area contributed by atoms with Crippen molar-refractivity contribution >= 4 is 29.9 Å². The summed E-state index contributed by atoms with van der Waals surface area (Å²) in [5.41, 5.74) is 1.52. The van der Waals surface area contributed by atoms with Crippen molar-refractivity contribution in [3.05, 3.63) is 34.4 Å². The number of nitrogens with zero attached hydrogens (tertiary/aromatic N) is 2. The molecule has 1 aromatic carbocycles. The fraction of sp³-hybridized carbons (Fsp3) is 0.250. The summed E-state index contributed by atoms with van der Waals surface area (Å²) in [6, 6.07) is 5.47. The zero-order valence-electron chi connectivity index (χ0n) is 10.2. The van der Waals surface area contributed by atoms with Crippen LogP contribution in [0.1, 0.15) is 23.1 Å². The Kier molecular flexibility index (Phi) is 3.16. The second-order valence-corrected chi connectivity index (χ2v) is 5.38. The van der Waals surface area contributed by atoms with Gasteiger partial charge in [-0.05, 0) is 37.3 Å². The average Bonchev–Trinajstić information content (AvgIpc) is 2.80. The molecule has 98 valence electrons. The number of fused-ring (bicyclic) bond motifs is 3. The minimum atomic E-state index is -0.299. The molecule has 2 heterocycles. The molecule has 0 aliphatic carbocycles. The molecule has 1 aliphatic heterocycles. The van der Waals surface area contributed by atoms with Gasteiger partial charge in [0.15, 0.2) is 4.77 Å². The number of benzene rings is 1. The van der Waals surface area contributed by atoms with E-state index >= 15 is 0 Å². The summed E-state index contributed by atoms with van der Waals surface area (Å²) >= 11 is 6.86. The smallest absolute Gasteiger partial charge is 0.338 e. The van der Waals surface area contributed by atoms with Crippen molar-refractivity contribution in [1.29, 1.82) is 0 Å². The number of hydrogen-bond donors (Lipinski definition) is 1. The summed E-state index contributed by atoms with van der Waals surface area (Å²) in [5, 5.41) is 6.96. The van der Waals surface area contributed by atoms with Gasteiger partial charge in [-0.2, -0.15) is 5.10 Å². The highest BCUT2D eigenvalue weighted by Crippen LogP contribution is 2.35. The first-order valence-electron chi connectivity index (χ1n) is 5.81. The maximum absolute atomic E-state index is 11.7. The quantitative estimate of drug-likeness (QED) is 0.681. The molecule has 0 saturated heterocycles. The van der Waals surface area contributed by atoms with Gasteiger partial charge in [0.1, 0.15) is 5.82 Å². The second kappa shape index (κ2) is 4.82. The Hall–Kier alpha value is -1.60. The molecule has 0 amide bonds. The lowest BCUT2D eigenvalue weighted by Gasteiger charge is -2.17. The third-order valence-corrected chi connectivity index (χ3v) is 4.12. The number of rotatable bonds is 2. The number of hydrogen-bond acceptors (Lipinski definition) is 5. The van der Waals surface area contributed by atoms with Gasteiger partial charge in [0.05, 0.1) is 23.6 Å². The van der Waals surface area contributed by atoms with Gasteiger partial charge < -0.3 is 4.74 Å². The van der Waals surface area contributed by atoms with Crippen LogP contribution in [0.25, 0.3) is 5.69 Å². The van der Waals surface area contributed by atoms with Crippen molar-refractivity contribution in [3.63, 3.8) is 0 Å². The summed E-state index contributed by atoms with van der Waals surface area (Å²) in [5.74, 6) is 1.32. The molecular weight excluding hydrogens is 282 g/mol. The standard InChI is InChI=1S/C12H11N3O2S2/c1-2-17-11(16)7-3-4-8-9(5-7)19-6-10-13-14-12(18)15(8)10/h3-5H,2,6H2,1H3,(H,14,18). The largest absolute Gasteiger partial charge is 0.462 e. The predicted molar refractivity (Wildman–Crippen MR) is 74.3 cm³/mol. The summed E-state index contributed by atoms with van der Waals surface area (Å²) < 4.78 is 7.47. The molecular formula is C12H11N3O2S2. The Labute approximate surface area is 119 Å². The van der Waals surface area contributed by atoms with Gasteiger partial charge in [-0.25, -0.2) is 4.79 Å². The second-order valence-electron chi connectivity index (χ2n) is 3.97. The summed E-state index contributed by atoms with van der Waals surface area (Å²) in [4.78, 5) is 12.7. The fourth-order valence-electron chi connectivity index (χ4n) is 1.97. The topological polar surface area (TPSA) is 59.9 Å². The molecule has 7 heteroatoms. The number of ether oxygens (including phenoxy) is 1. The van der Waals surface area contributed by atoms with E-state index in [0.29, 0.717) is 16.9 Å². The highest BCUT2D eigenvalue weighted by atomic mass is 32.2. The van der Waals surface area contributed by atoms with Gasteiger partial charge in [-0.3, -0.25) is 9.67 Å². The molecule has 1 N–H and O–H groups in total. The number of carbonyl (C=O) groups is 1. The Bertz CT molecular complexity index is 705. The van der Waals surface area contributed by atoms with Gasteiger partial charge in [0.2, 0.25) is 0 Å². The minimum Gasteiger partial charge on any atom is -0.462 e. The molecule has 0 fully saturated rings. The van der Waals surface area contributed by atoms with Crippen molar-refractivity contribution in [2.24, 2.45) is 0 Å². The number of aromatic nitrogens is 3. The van der Waals surface area contributed by atoms with E-state index in [1.807, 2.05) is 16.7 Å². The summed E-state index contributed by atoms with van der Waals surface area (Å²) in [7, 11) is 0. The van der Waals surface area contributed by atoms with Crippen LogP contribution in [-0.4, -0.2) is 27.3 Å². The van der Waals surface area contributed by atoms with Crippen LogP contribution < -0.4 is 0 Å². The number of nitrogens with one attached hydrogen (secondary N) is 1. The molecule has 3 rings (SSSR count). The van der Waals surface area contributed by atoms with E-state index in [9.17, 15) is 4.79 Å². The molecule has 1 aliphatic rings. The van der Waals surface area contributed by atoms with Gasteiger partial charge in [-0.15, -0.1) is 11.8 Å². The van der Waals surface area contributed by atoms with Gasteiger partial charge in [0, 0.05) is 4.90 Å². The molecule has 0 bridgehead atoms. The highest BCUT2D eigenvalue weighted by Gasteiger charge is 2.20. The van der Waals surface area contributed by atoms with Crippen LogP contribution >= 0.6 is 24.0 Å². The third kappa shape index (κ3) is 2.08. The van der Waals surface area contributed by atoms with Crippen molar-refractivity contribution in [2.75, 3.05) is 6.61 Å². The maximum Gasteiger partial charge on any atom is 0.338 e. The summed E-state index contributed by atoms with van der Waals surface area (Å²) in [6.07, 6.45) is 0. The van der Waals surface area contributed by atoms with E-state index in [0.717, 1.165) is 22.2 Å². The lowest BCUT2D eigenvalue weighted by atomic mass is 10.2. The molecule has 0 unspecified atom stereocenters. The van der Waals surface area contributed by atoms with Gasteiger partial charge in [0.25, 0.3) is 0 Å². The average molecular weight is 293 g/mol. The van der Waals surface area contributed by atoms with Crippen molar-refractivity contribution in [1.82, 2.24) is 14.8 Å². The normalized spacial score (nSPS) is 12.7. The molecule has 2 aromatic rings. The van der Waals surface area contributed by atoms with Gasteiger partial charge in [-0.1, -0.05) is 0 Å². The molecule has 0 atom stereocenters. The van der Waals surface area contributed by atoms with Crippen molar-refractivity contribution < 1.29 is 9.53 Å². The van der Waals surface area contributed by atoms with E-state index in [1.165, 1.54) is 0 Å². The third-order valence-electron chi connectivity index (χ3n) is 2.81. The number of esters is 1. The SMILES string of the molecule is CCOC(=O)c1ccc2c(c1)SCc1n[nH]c(=S)n1-2. The van der Waals surface area contributed by atoms with Crippen LogP contribution in [0.4, 0.5) is 0 Å². The van der Waals surface area contributed by atoms with E-state index in [4.69, 9.17) is 17.0 Å². The van der Waals surface area contributed by atoms with Crippen molar-refractivity contribution in [3.8, 4) is 5.69 Å². The van der Waals surface area contributed by atoms with Crippen molar-refractivity contribution in [2.45, 2.75) is 17.6 Å². The van der Waals surface area contributed by atoms with E-state index < -0.39 is 0 Å². The minimum absolute atomic E-state index is 0.299. The molecule has 0 radical (unpaired) electrons. The van der Waals surface area contributed by atoms with Crippen LogP contribution in [0, 0.1) is 4.77 Å². The molecule has 1 aromatic heterocycles. The molecule has 5 nitrogen and oxygen atoms in total. The monoisotopic (exact) mass is 293 g/mol. The van der Waals surface area contributed by atoms with E-state index in [-0.39, 0.29) is 5.97 Å². The Morgan fingerprint density at radius 1 is 1.63 bits per heavy atom. The first kappa shape index (κ1) is 12.4.